The molecular formula is C20H26O2. The van der Waals surface area contributed by atoms with Gasteiger partial charge in [0.2, 0.25) is 0 Å². The summed E-state index contributed by atoms with van der Waals surface area (Å²) in [4.78, 5) is 24.4. The van der Waals surface area contributed by atoms with E-state index in [0.29, 0.717) is 30.0 Å². The van der Waals surface area contributed by atoms with Crippen LogP contribution in [-0.4, -0.2) is 11.6 Å². The van der Waals surface area contributed by atoms with Gasteiger partial charge in [-0.2, -0.15) is 0 Å². The smallest absolute Gasteiger partial charge is 0.156 e. The molecule has 0 radical (unpaired) electrons. The Balaban J connectivity index is 1.76. The summed E-state index contributed by atoms with van der Waals surface area (Å²) >= 11 is 0. The van der Waals surface area contributed by atoms with E-state index >= 15 is 0 Å². The van der Waals surface area contributed by atoms with Gasteiger partial charge in [0.1, 0.15) is 5.78 Å². The molecule has 4 aliphatic carbocycles. The van der Waals surface area contributed by atoms with E-state index in [9.17, 15) is 9.59 Å². The van der Waals surface area contributed by atoms with Crippen molar-refractivity contribution in [2.24, 2.45) is 34.5 Å². The third-order valence-electron chi connectivity index (χ3n) is 7.52. The van der Waals surface area contributed by atoms with Crippen LogP contribution < -0.4 is 0 Å². The molecule has 0 spiro atoms. The van der Waals surface area contributed by atoms with Crippen LogP contribution in [0.1, 0.15) is 52.9 Å². The van der Waals surface area contributed by atoms with Gasteiger partial charge in [-0.3, -0.25) is 9.59 Å². The summed E-state index contributed by atoms with van der Waals surface area (Å²) in [6.45, 7) is 6.68. The Morgan fingerprint density at radius 1 is 1.09 bits per heavy atom. The number of hydrogen-bond acceptors (Lipinski definition) is 2. The van der Waals surface area contributed by atoms with Gasteiger partial charge in [-0.15, -0.1) is 0 Å². The molecule has 4 rings (SSSR count). The number of ketones is 2. The first-order valence-electron chi connectivity index (χ1n) is 8.84. The summed E-state index contributed by atoms with van der Waals surface area (Å²) in [5, 5.41) is 0. The monoisotopic (exact) mass is 298 g/mol. The van der Waals surface area contributed by atoms with E-state index in [1.165, 1.54) is 5.57 Å². The highest BCUT2D eigenvalue weighted by Gasteiger charge is 2.59. The SMILES string of the molecule is C[C@@H]1CC2C3C=CC4=CC(=O)CC[C@]4(C)C3CC[C@]2(C)C1=O. The van der Waals surface area contributed by atoms with E-state index in [4.69, 9.17) is 0 Å². The second kappa shape index (κ2) is 4.43. The number of hydrogen-bond donors (Lipinski definition) is 0. The Morgan fingerprint density at radius 3 is 2.64 bits per heavy atom. The molecule has 0 amide bonds. The average Bonchev–Trinajstić information content (AvgIpc) is 2.72. The Labute approximate surface area is 133 Å². The Bertz CT molecular complexity index is 613. The predicted molar refractivity (Wildman–Crippen MR) is 86.2 cm³/mol. The minimum atomic E-state index is -0.104. The fourth-order valence-corrected chi connectivity index (χ4v) is 6.11. The topological polar surface area (TPSA) is 34.1 Å². The van der Waals surface area contributed by atoms with Crippen molar-refractivity contribution in [1.29, 1.82) is 0 Å². The molecule has 2 nitrogen and oxygen atoms in total. The molecular weight excluding hydrogens is 272 g/mol. The maximum atomic E-state index is 12.7. The predicted octanol–water partition coefficient (Wildman–Crippen LogP) is 4.11. The first kappa shape index (κ1) is 14.4. The van der Waals surface area contributed by atoms with E-state index in [1.54, 1.807) is 0 Å². The van der Waals surface area contributed by atoms with Crippen LogP contribution in [0.3, 0.4) is 0 Å². The van der Waals surface area contributed by atoms with Crippen molar-refractivity contribution >= 4 is 11.6 Å². The Kier molecular flexibility index (Phi) is 2.90. The van der Waals surface area contributed by atoms with Crippen LogP contribution in [-0.2, 0) is 9.59 Å². The summed E-state index contributed by atoms with van der Waals surface area (Å²) < 4.78 is 0. The number of allylic oxidation sites excluding steroid dienone is 4. The van der Waals surface area contributed by atoms with Crippen molar-refractivity contribution in [3.05, 3.63) is 23.8 Å². The molecule has 0 bridgehead atoms. The second-order valence-corrected chi connectivity index (χ2v) is 8.59. The lowest BCUT2D eigenvalue weighted by Crippen LogP contribution is -2.49. The zero-order chi connectivity index (χ0) is 15.7. The van der Waals surface area contributed by atoms with Crippen molar-refractivity contribution in [2.45, 2.75) is 52.9 Å². The second-order valence-electron chi connectivity index (χ2n) is 8.59. The zero-order valence-corrected chi connectivity index (χ0v) is 13.9. The van der Waals surface area contributed by atoms with Crippen molar-refractivity contribution in [3.63, 3.8) is 0 Å². The van der Waals surface area contributed by atoms with Crippen LogP contribution in [0.4, 0.5) is 0 Å². The van der Waals surface area contributed by atoms with Gasteiger partial charge in [-0.1, -0.05) is 32.9 Å². The van der Waals surface area contributed by atoms with Crippen molar-refractivity contribution in [1.82, 2.24) is 0 Å². The van der Waals surface area contributed by atoms with Gasteiger partial charge < -0.3 is 0 Å². The molecule has 6 atom stereocenters. The Hall–Kier alpha value is -1.18. The molecule has 118 valence electrons. The van der Waals surface area contributed by atoms with E-state index in [-0.39, 0.29) is 22.5 Å². The molecule has 0 aromatic heterocycles. The van der Waals surface area contributed by atoms with Crippen LogP contribution in [0.15, 0.2) is 23.8 Å². The highest BCUT2D eigenvalue weighted by Crippen LogP contribution is 2.63. The molecule has 2 saturated carbocycles. The zero-order valence-electron chi connectivity index (χ0n) is 13.9. The van der Waals surface area contributed by atoms with Crippen molar-refractivity contribution < 1.29 is 9.59 Å². The molecule has 2 heteroatoms. The third-order valence-corrected chi connectivity index (χ3v) is 7.52. The molecule has 0 aromatic carbocycles. The highest BCUT2D eigenvalue weighted by atomic mass is 16.1. The average molecular weight is 298 g/mol. The minimum absolute atomic E-state index is 0.104. The summed E-state index contributed by atoms with van der Waals surface area (Å²) in [5.41, 5.74) is 1.28. The number of carbonyl (C=O) groups excluding carboxylic acids is 2. The number of carbonyl (C=O) groups is 2. The van der Waals surface area contributed by atoms with Crippen molar-refractivity contribution in [2.75, 3.05) is 0 Å². The van der Waals surface area contributed by atoms with Gasteiger partial charge in [0, 0.05) is 17.8 Å². The quantitative estimate of drug-likeness (QED) is 0.674. The van der Waals surface area contributed by atoms with Crippen LogP contribution in [0.2, 0.25) is 0 Å². The van der Waals surface area contributed by atoms with Gasteiger partial charge in [0.05, 0.1) is 0 Å². The fraction of sp³-hybridized carbons (Fsp3) is 0.700. The molecule has 0 aliphatic heterocycles. The molecule has 22 heavy (non-hydrogen) atoms. The van der Waals surface area contributed by atoms with E-state index in [1.807, 2.05) is 6.08 Å². The van der Waals surface area contributed by atoms with Crippen LogP contribution in [0, 0.1) is 34.5 Å². The van der Waals surface area contributed by atoms with Gasteiger partial charge >= 0.3 is 0 Å². The lowest BCUT2D eigenvalue weighted by molar-refractivity contribution is -0.132. The third kappa shape index (κ3) is 1.67. The first-order chi connectivity index (χ1) is 10.4. The molecule has 4 aliphatic rings. The normalized spacial score (nSPS) is 50.2. The number of fused-ring (bicyclic) bond motifs is 5. The molecule has 0 aromatic rings. The maximum absolute atomic E-state index is 12.7. The van der Waals surface area contributed by atoms with E-state index < -0.39 is 0 Å². The standard InChI is InChI=1S/C20H26O2/c1-12-10-17-15-5-4-13-11-14(21)6-8-19(13,2)16(15)7-9-20(17,3)18(12)22/h4-5,11-12,15-17H,6-10H2,1-3H3/t12-,15?,16?,17?,19+,20+/m1/s1. The van der Waals surface area contributed by atoms with Crippen LogP contribution in [0.25, 0.3) is 0 Å². The maximum Gasteiger partial charge on any atom is 0.156 e. The largest absolute Gasteiger partial charge is 0.299 e. The van der Waals surface area contributed by atoms with Crippen LogP contribution in [0.5, 0.6) is 0 Å². The van der Waals surface area contributed by atoms with Gasteiger partial charge in [-0.25, -0.2) is 0 Å². The summed E-state index contributed by atoms with van der Waals surface area (Å²) in [7, 11) is 0. The highest BCUT2D eigenvalue weighted by molar-refractivity contribution is 5.92. The lowest BCUT2D eigenvalue weighted by atomic mass is 9.49. The molecule has 2 fully saturated rings. The molecule has 0 saturated heterocycles. The molecule has 3 unspecified atom stereocenters. The van der Waals surface area contributed by atoms with Crippen molar-refractivity contribution in [3.8, 4) is 0 Å². The Morgan fingerprint density at radius 2 is 1.86 bits per heavy atom. The molecule has 0 heterocycles. The number of Topliss-reactive ketones (excluding diaryl/α,β-unsaturated/α-hetero) is 1. The molecule has 0 N–H and O–H groups in total. The van der Waals surface area contributed by atoms with E-state index in [2.05, 4.69) is 32.9 Å². The first-order valence-corrected chi connectivity index (χ1v) is 8.84. The minimum Gasteiger partial charge on any atom is -0.299 e. The number of rotatable bonds is 0. The fourth-order valence-electron chi connectivity index (χ4n) is 6.11. The summed E-state index contributed by atoms with van der Waals surface area (Å²) in [6.07, 6.45) is 11.3. The van der Waals surface area contributed by atoms with E-state index in [0.717, 1.165) is 25.7 Å². The summed E-state index contributed by atoms with van der Waals surface area (Å²) in [5.74, 6) is 2.62. The lowest BCUT2D eigenvalue weighted by Gasteiger charge is -2.54. The van der Waals surface area contributed by atoms with Gasteiger partial charge in [-0.05, 0) is 60.5 Å². The summed E-state index contributed by atoms with van der Waals surface area (Å²) in [6, 6.07) is 0. The van der Waals surface area contributed by atoms with Crippen LogP contribution >= 0.6 is 0 Å². The van der Waals surface area contributed by atoms with Gasteiger partial charge in [0.15, 0.2) is 5.78 Å². The van der Waals surface area contributed by atoms with Gasteiger partial charge in [0.25, 0.3) is 0 Å².